The van der Waals surface area contributed by atoms with Gasteiger partial charge in [0, 0.05) is 15.3 Å². The Morgan fingerprint density at radius 3 is 2.16 bits per heavy atom. The maximum Gasteiger partial charge on any atom is 0.251 e. The summed E-state index contributed by atoms with van der Waals surface area (Å²) < 4.78 is 0. The van der Waals surface area contributed by atoms with Crippen molar-refractivity contribution in [2.75, 3.05) is 0 Å². The van der Waals surface area contributed by atoms with Gasteiger partial charge in [0.25, 0.3) is 5.91 Å². The standard InChI is InChI=1S/C20H26N2O2S/c1-12(2)18(22-19(23)16-9-7-6-8-10-16)20(24)21-14(4)17-11-13(3)25-15(17)5/h6-12,14,18H,1-5H3,(H,21,24)(H,22,23)/t14-,18+/m0/s1. The van der Waals surface area contributed by atoms with E-state index in [-0.39, 0.29) is 23.8 Å². The van der Waals surface area contributed by atoms with Gasteiger partial charge in [0.15, 0.2) is 0 Å². The number of benzene rings is 1. The van der Waals surface area contributed by atoms with Crippen molar-refractivity contribution in [3.8, 4) is 0 Å². The van der Waals surface area contributed by atoms with E-state index in [9.17, 15) is 9.59 Å². The molecule has 0 aliphatic rings. The topological polar surface area (TPSA) is 58.2 Å². The molecule has 1 aromatic heterocycles. The monoisotopic (exact) mass is 358 g/mol. The Morgan fingerprint density at radius 1 is 1.00 bits per heavy atom. The fourth-order valence-corrected chi connectivity index (χ4v) is 3.83. The van der Waals surface area contributed by atoms with Crippen molar-refractivity contribution in [1.82, 2.24) is 10.6 Å². The maximum absolute atomic E-state index is 12.7. The zero-order chi connectivity index (χ0) is 18.6. The predicted octanol–water partition coefficient (Wildman–Crippen LogP) is 4.00. The Balaban J connectivity index is 2.07. The minimum Gasteiger partial charge on any atom is -0.348 e. The number of amides is 2. The van der Waals surface area contributed by atoms with Crippen molar-refractivity contribution in [1.29, 1.82) is 0 Å². The lowest BCUT2D eigenvalue weighted by atomic mass is 10.0. The number of carbonyl (C=O) groups is 2. The predicted molar refractivity (Wildman–Crippen MR) is 103 cm³/mol. The lowest BCUT2D eigenvalue weighted by Crippen LogP contribution is -2.50. The summed E-state index contributed by atoms with van der Waals surface area (Å²) in [5.74, 6) is -0.398. The van der Waals surface area contributed by atoms with Crippen LogP contribution in [0, 0.1) is 19.8 Å². The third-order valence-corrected chi connectivity index (χ3v) is 5.16. The van der Waals surface area contributed by atoms with E-state index in [4.69, 9.17) is 0 Å². The number of carbonyl (C=O) groups excluding carboxylic acids is 2. The molecular formula is C20H26N2O2S. The van der Waals surface area contributed by atoms with E-state index in [2.05, 4.69) is 30.5 Å². The molecular weight excluding hydrogens is 332 g/mol. The molecule has 0 bridgehead atoms. The molecule has 0 aliphatic carbocycles. The van der Waals surface area contributed by atoms with Crippen LogP contribution in [-0.4, -0.2) is 17.9 Å². The first kappa shape index (κ1) is 19.2. The van der Waals surface area contributed by atoms with E-state index in [1.54, 1.807) is 23.5 Å². The van der Waals surface area contributed by atoms with Crippen LogP contribution in [0.25, 0.3) is 0 Å². The average Bonchev–Trinajstić information content (AvgIpc) is 2.91. The van der Waals surface area contributed by atoms with Crippen LogP contribution in [0.1, 0.15) is 52.5 Å². The van der Waals surface area contributed by atoms with Crippen LogP contribution >= 0.6 is 11.3 Å². The summed E-state index contributed by atoms with van der Waals surface area (Å²) in [6.07, 6.45) is 0. The van der Waals surface area contributed by atoms with E-state index >= 15 is 0 Å². The van der Waals surface area contributed by atoms with Crippen LogP contribution in [0.5, 0.6) is 0 Å². The van der Waals surface area contributed by atoms with Gasteiger partial charge in [-0.25, -0.2) is 0 Å². The van der Waals surface area contributed by atoms with Gasteiger partial charge in [-0.2, -0.15) is 0 Å². The highest BCUT2D eigenvalue weighted by atomic mass is 32.1. The molecule has 2 amide bonds. The fraction of sp³-hybridized carbons (Fsp3) is 0.400. The van der Waals surface area contributed by atoms with Gasteiger partial charge in [-0.1, -0.05) is 32.0 Å². The number of rotatable bonds is 6. The summed E-state index contributed by atoms with van der Waals surface area (Å²) in [6.45, 7) is 9.96. The van der Waals surface area contributed by atoms with Gasteiger partial charge in [0.05, 0.1) is 6.04 Å². The molecule has 2 N–H and O–H groups in total. The molecule has 2 rings (SSSR count). The van der Waals surface area contributed by atoms with Crippen molar-refractivity contribution in [3.05, 3.63) is 57.3 Å². The molecule has 0 unspecified atom stereocenters. The van der Waals surface area contributed by atoms with Crippen molar-refractivity contribution < 1.29 is 9.59 Å². The molecule has 0 aliphatic heterocycles. The third-order valence-electron chi connectivity index (χ3n) is 4.18. The largest absolute Gasteiger partial charge is 0.348 e. The fourth-order valence-electron chi connectivity index (χ4n) is 2.81. The summed E-state index contributed by atoms with van der Waals surface area (Å²) in [4.78, 5) is 27.6. The summed E-state index contributed by atoms with van der Waals surface area (Å²) in [7, 11) is 0. The van der Waals surface area contributed by atoms with Gasteiger partial charge in [-0.05, 0) is 50.5 Å². The SMILES string of the molecule is Cc1cc([C@H](C)NC(=O)[C@H](NC(=O)c2ccccc2)C(C)C)c(C)s1. The Morgan fingerprint density at radius 2 is 1.64 bits per heavy atom. The first-order chi connectivity index (χ1) is 11.8. The van der Waals surface area contributed by atoms with Gasteiger partial charge in [-0.15, -0.1) is 11.3 Å². The Labute approximate surface area is 153 Å². The van der Waals surface area contributed by atoms with E-state index in [1.807, 2.05) is 39.0 Å². The van der Waals surface area contributed by atoms with Crippen LogP contribution in [0.4, 0.5) is 0 Å². The number of aryl methyl sites for hydroxylation is 2. The average molecular weight is 359 g/mol. The molecule has 0 spiro atoms. The lowest BCUT2D eigenvalue weighted by molar-refractivity contribution is -0.124. The minimum absolute atomic E-state index is 0.00910. The Hall–Kier alpha value is -2.14. The summed E-state index contributed by atoms with van der Waals surface area (Å²) >= 11 is 1.73. The molecule has 2 atom stereocenters. The highest BCUT2D eigenvalue weighted by molar-refractivity contribution is 7.12. The highest BCUT2D eigenvalue weighted by Crippen LogP contribution is 2.26. The molecule has 2 aromatic rings. The second kappa shape index (κ2) is 8.30. The van der Waals surface area contributed by atoms with Crippen molar-refractivity contribution in [3.63, 3.8) is 0 Å². The van der Waals surface area contributed by atoms with Gasteiger partial charge >= 0.3 is 0 Å². The van der Waals surface area contributed by atoms with Crippen LogP contribution in [0.2, 0.25) is 0 Å². The maximum atomic E-state index is 12.7. The van der Waals surface area contributed by atoms with Crippen molar-refractivity contribution in [2.24, 2.45) is 5.92 Å². The van der Waals surface area contributed by atoms with E-state index in [0.717, 1.165) is 5.56 Å². The van der Waals surface area contributed by atoms with Gasteiger partial charge in [-0.3, -0.25) is 9.59 Å². The molecule has 0 fully saturated rings. The number of nitrogens with one attached hydrogen (secondary N) is 2. The van der Waals surface area contributed by atoms with Gasteiger partial charge in [0.2, 0.25) is 5.91 Å². The quantitative estimate of drug-likeness (QED) is 0.820. The number of hydrogen-bond acceptors (Lipinski definition) is 3. The Kier molecular flexibility index (Phi) is 6.37. The van der Waals surface area contributed by atoms with Gasteiger partial charge < -0.3 is 10.6 Å². The first-order valence-electron chi connectivity index (χ1n) is 8.52. The van der Waals surface area contributed by atoms with E-state index < -0.39 is 6.04 Å². The molecule has 134 valence electrons. The second-order valence-corrected chi connectivity index (χ2v) is 8.12. The molecule has 1 aromatic carbocycles. The molecule has 25 heavy (non-hydrogen) atoms. The van der Waals surface area contributed by atoms with Crippen molar-refractivity contribution >= 4 is 23.2 Å². The minimum atomic E-state index is -0.574. The number of thiophene rings is 1. The molecule has 4 nitrogen and oxygen atoms in total. The summed E-state index contributed by atoms with van der Waals surface area (Å²) in [5, 5.41) is 5.90. The number of hydrogen-bond donors (Lipinski definition) is 2. The first-order valence-corrected chi connectivity index (χ1v) is 9.34. The molecule has 0 saturated heterocycles. The molecule has 1 heterocycles. The lowest BCUT2D eigenvalue weighted by Gasteiger charge is -2.24. The van der Waals surface area contributed by atoms with Crippen LogP contribution in [0.3, 0.4) is 0 Å². The smallest absolute Gasteiger partial charge is 0.251 e. The Bertz CT molecular complexity index is 737. The van der Waals surface area contributed by atoms with Crippen molar-refractivity contribution in [2.45, 2.75) is 46.7 Å². The van der Waals surface area contributed by atoms with E-state index in [0.29, 0.717) is 5.56 Å². The highest BCUT2D eigenvalue weighted by Gasteiger charge is 2.26. The summed E-state index contributed by atoms with van der Waals surface area (Å²) in [5.41, 5.74) is 1.69. The molecule has 0 radical (unpaired) electrons. The third kappa shape index (κ3) is 4.92. The second-order valence-electron chi connectivity index (χ2n) is 6.66. The van der Waals surface area contributed by atoms with Crippen LogP contribution in [-0.2, 0) is 4.79 Å². The zero-order valence-corrected chi connectivity index (χ0v) is 16.2. The normalized spacial score (nSPS) is 13.4. The van der Waals surface area contributed by atoms with Crippen LogP contribution < -0.4 is 10.6 Å². The molecule has 5 heteroatoms. The van der Waals surface area contributed by atoms with Crippen LogP contribution in [0.15, 0.2) is 36.4 Å². The summed E-state index contributed by atoms with van der Waals surface area (Å²) in [6, 6.07) is 10.4. The molecule has 0 saturated carbocycles. The van der Waals surface area contributed by atoms with E-state index in [1.165, 1.54) is 9.75 Å². The zero-order valence-electron chi connectivity index (χ0n) is 15.4. The van der Waals surface area contributed by atoms with Gasteiger partial charge in [0.1, 0.15) is 6.04 Å².